The average Bonchev–Trinajstić information content (AvgIpc) is 1.68. The molecular weight excluding hydrogens is 112 g/mol. The fourth-order valence-electron chi connectivity index (χ4n) is 0.0745. The van der Waals surface area contributed by atoms with Crippen molar-refractivity contribution in [3.63, 3.8) is 0 Å². The van der Waals surface area contributed by atoms with Crippen LogP contribution in [-0.4, -0.2) is 11.3 Å². The molecule has 0 spiro atoms. The highest BCUT2D eigenvalue weighted by Crippen LogP contribution is 1.79. The monoisotopic (exact) mass is 120 g/mol. The second kappa shape index (κ2) is 2.09. The van der Waals surface area contributed by atoms with Crippen LogP contribution in [0.2, 0.25) is 0 Å². The summed E-state index contributed by atoms with van der Waals surface area (Å²) >= 11 is 0. The van der Waals surface area contributed by atoms with Crippen LogP contribution >= 0.6 is 0 Å². The van der Waals surface area contributed by atoms with Gasteiger partial charge in [-0.05, 0) is 0 Å². The van der Waals surface area contributed by atoms with Crippen molar-refractivity contribution in [1.29, 1.82) is 0 Å². The smallest absolute Gasteiger partial charge is 0.126 e. The first-order valence-electron chi connectivity index (χ1n) is 1.68. The number of rotatable bonds is 1. The Kier molecular flexibility index (Phi) is 1.98. The van der Waals surface area contributed by atoms with Gasteiger partial charge in [0, 0.05) is 12.5 Å². The molecule has 0 saturated carbocycles. The van der Waals surface area contributed by atoms with Crippen LogP contribution in [0.1, 0.15) is 0 Å². The van der Waals surface area contributed by atoms with Crippen LogP contribution in [0, 0.1) is 0 Å². The molecule has 0 saturated heterocycles. The Bertz CT molecular complexity index is 166. The van der Waals surface area contributed by atoms with Gasteiger partial charge in [0.2, 0.25) is 0 Å². The third-order valence-corrected chi connectivity index (χ3v) is 1.57. The lowest BCUT2D eigenvalue weighted by Crippen LogP contribution is -2.05. The van der Waals surface area contributed by atoms with Crippen molar-refractivity contribution in [3.05, 3.63) is 12.0 Å². The molecule has 3 nitrogen and oxygen atoms in total. The molecule has 0 radical (unpaired) electrons. The molecule has 42 valence electrons. The fraction of sp³-hybridized carbons (Fsp3) is 0.333. The zero-order chi connectivity index (χ0) is 5.91. The quantitative estimate of drug-likeness (QED) is 0.524. The molecule has 0 amide bonds. The summed E-state index contributed by atoms with van der Waals surface area (Å²) in [6.45, 7) is 3.21. The highest BCUT2D eigenvalue weighted by molar-refractivity contribution is 7.94. The molecule has 0 aromatic rings. The van der Waals surface area contributed by atoms with Crippen LogP contribution in [0.25, 0.3) is 0 Å². The predicted molar refractivity (Wildman–Crippen MR) is 30.9 cm³/mol. The molecule has 0 fully saturated rings. The zero-order valence-corrected chi connectivity index (χ0v) is 4.94. The molecule has 0 aliphatic rings. The van der Waals surface area contributed by atoms with Crippen LogP contribution in [0.4, 0.5) is 0 Å². The van der Waals surface area contributed by atoms with Gasteiger partial charge in [0.1, 0.15) is 9.92 Å². The van der Waals surface area contributed by atoms with Gasteiger partial charge in [-0.25, -0.2) is 13.7 Å². The van der Waals surface area contributed by atoms with Gasteiger partial charge in [0.05, 0.1) is 0 Å². The highest BCUT2D eigenvalue weighted by Gasteiger charge is 1.83. The lowest BCUT2D eigenvalue weighted by molar-refractivity contribution is 0.683. The minimum absolute atomic E-state index is 1.13. The first-order chi connectivity index (χ1) is 3.12. The third kappa shape index (κ3) is 2.36. The molecule has 0 heterocycles. The first kappa shape index (κ1) is 6.65. The van der Waals surface area contributed by atoms with Crippen LogP contribution < -0.4 is 5.14 Å². The Labute approximate surface area is 43.5 Å². The van der Waals surface area contributed by atoms with E-state index in [1.54, 1.807) is 0 Å². The molecular formula is C3H8N2OS. The normalized spacial score (nSPS) is 17.4. The van der Waals surface area contributed by atoms with Gasteiger partial charge < -0.3 is 0 Å². The van der Waals surface area contributed by atoms with E-state index in [9.17, 15) is 4.21 Å². The summed E-state index contributed by atoms with van der Waals surface area (Å²) in [6, 6.07) is 0. The topological polar surface area (TPSA) is 55.5 Å². The maximum atomic E-state index is 10.4. The standard InChI is InChI=1S/C3H8N2OS/c1-3-7(4,6)5-2/h3H,1H2,2H3,(H2,4,5,6). The molecule has 0 aliphatic carbocycles. The number of hydrogen-bond acceptors (Lipinski definition) is 2. The van der Waals surface area contributed by atoms with E-state index in [-0.39, 0.29) is 0 Å². The summed E-state index contributed by atoms with van der Waals surface area (Å²) in [5.41, 5.74) is 0. The number of hydrogen-bond donors (Lipinski definition) is 1. The molecule has 2 N–H and O–H groups in total. The summed E-state index contributed by atoms with van der Waals surface area (Å²) in [5.74, 6) is 0. The maximum absolute atomic E-state index is 10.4. The molecule has 4 heteroatoms. The lowest BCUT2D eigenvalue weighted by atomic mass is 11.3. The van der Waals surface area contributed by atoms with Gasteiger partial charge in [-0.2, -0.15) is 0 Å². The van der Waals surface area contributed by atoms with E-state index in [0.717, 1.165) is 5.41 Å². The summed E-state index contributed by atoms with van der Waals surface area (Å²) in [4.78, 5) is 0. The fourth-order valence-corrected chi connectivity index (χ4v) is 0.224. The Morgan fingerprint density at radius 2 is 2.43 bits per heavy atom. The van der Waals surface area contributed by atoms with Crippen LogP contribution in [0.15, 0.2) is 16.3 Å². The summed E-state index contributed by atoms with van der Waals surface area (Å²) in [6.07, 6.45) is 0. The molecule has 0 bridgehead atoms. The van der Waals surface area contributed by atoms with Gasteiger partial charge >= 0.3 is 0 Å². The lowest BCUT2D eigenvalue weighted by Gasteiger charge is -1.86. The molecule has 1 atom stereocenters. The summed E-state index contributed by atoms with van der Waals surface area (Å²) in [7, 11) is -1.13. The summed E-state index contributed by atoms with van der Waals surface area (Å²) in [5, 5.41) is 6.09. The minimum Gasteiger partial charge on any atom is -0.242 e. The molecule has 1 unspecified atom stereocenters. The molecule has 0 aromatic heterocycles. The van der Waals surface area contributed by atoms with Crippen molar-refractivity contribution in [1.82, 2.24) is 0 Å². The Morgan fingerprint density at radius 1 is 2.00 bits per heavy atom. The van der Waals surface area contributed by atoms with E-state index in [1.807, 2.05) is 0 Å². The SMILES string of the molecule is C=CS(N)(=O)=NC. The van der Waals surface area contributed by atoms with Gasteiger partial charge in [-0.3, -0.25) is 0 Å². The van der Waals surface area contributed by atoms with E-state index in [0.29, 0.717) is 0 Å². The van der Waals surface area contributed by atoms with Crippen LogP contribution in [0.3, 0.4) is 0 Å². The van der Waals surface area contributed by atoms with E-state index >= 15 is 0 Å². The van der Waals surface area contributed by atoms with Crippen molar-refractivity contribution in [2.24, 2.45) is 9.50 Å². The van der Waals surface area contributed by atoms with Crippen molar-refractivity contribution in [3.8, 4) is 0 Å². The van der Waals surface area contributed by atoms with Crippen LogP contribution in [-0.2, 0) is 9.92 Å². The van der Waals surface area contributed by atoms with Crippen molar-refractivity contribution < 1.29 is 4.21 Å². The first-order valence-corrected chi connectivity index (χ1v) is 3.32. The largest absolute Gasteiger partial charge is 0.242 e. The minimum atomic E-state index is -2.52. The molecule has 0 aromatic carbocycles. The van der Waals surface area contributed by atoms with Crippen LogP contribution in [0.5, 0.6) is 0 Å². The maximum Gasteiger partial charge on any atom is 0.126 e. The van der Waals surface area contributed by atoms with Gasteiger partial charge in [-0.1, -0.05) is 6.58 Å². The van der Waals surface area contributed by atoms with E-state index in [4.69, 9.17) is 5.14 Å². The molecule has 0 rings (SSSR count). The van der Waals surface area contributed by atoms with E-state index in [2.05, 4.69) is 10.9 Å². The van der Waals surface area contributed by atoms with Crippen molar-refractivity contribution in [2.75, 3.05) is 7.05 Å². The Hall–Kier alpha value is -0.350. The average molecular weight is 120 g/mol. The third-order valence-electron chi connectivity index (χ3n) is 0.524. The summed E-state index contributed by atoms with van der Waals surface area (Å²) < 4.78 is 13.7. The second-order valence-electron chi connectivity index (χ2n) is 0.963. The highest BCUT2D eigenvalue weighted by atomic mass is 32.2. The Morgan fingerprint density at radius 3 is 2.43 bits per heavy atom. The second-order valence-corrected chi connectivity index (χ2v) is 2.89. The van der Waals surface area contributed by atoms with Crippen molar-refractivity contribution >= 4 is 9.92 Å². The van der Waals surface area contributed by atoms with E-state index < -0.39 is 9.92 Å². The number of nitrogens with two attached hydrogens (primary N) is 1. The number of nitrogens with zero attached hydrogens (tertiary/aromatic N) is 1. The molecule has 0 aliphatic heterocycles. The zero-order valence-electron chi connectivity index (χ0n) is 4.13. The van der Waals surface area contributed by atoms with Gasteiger partial charge in [0.15, 0.2) is 0 Å². The van der Waals surface area contributed by atoms with Gasteiger partial charge in [-0.15, -0.1) is 0 Å². The van der Waals surface area contributed by atoms with Crippen molar-refractivity contribution in [2.45, 2.75) is 0 Å². The van der Waals surface area contributed by atoms with Gasteiger partial charge in [0.25, 0.3) is 0 Å². The molecule has 7 heavy (non-hydrogen) atoms. The van der Waals surface area contributed by atoms with E-state index in [1.165, 1.54) is 7.05 Å². The predicted octanol–water partition coefficient (Wildman–Crippen LogP) is 0.101. The Balaban J connectivity index is 4.50.